The maximum Gasteiger partial charge on any atom is 0.214 e. The molecule has 1 aromatic carbocycles. The van der Waals surface area contributed by atoms with Gasteiger partial charge in [0.05, 0.1) is 23.9 Å². The van der Waals surface area contributed by atoms with Crippen LogP contribution in [0.3, 0.4) is 0 Å². The third-order valence-corrected chi connectivity index (χ3v) is 5.85. The maximum atomic E-state index is 13.1. The number of hydrogen-bond donors (Lipinski definition) is 5. The number of nitrogens with zero attached hydrogens (tertiary/aromatic N) is 3. The zero-order valence-corrected chi connectivity index (χ0v) is 21.2. The quantitative estimate of drug-likeness (QED) is 0.116. The van der Waals surface area contributed by atoms with Crippen molar-refractivity contribution >= 4 is 40.4 Å². The van der Waals surface area contributed by atoms with E-state index in [1.165, 1.54) is 11.3 Å². The number of anilines is 2. The van der Waals surface area contributed by atoms with Gasteiger partial charge in [-0.05, 0) is 32.6 Å². The van der Waals surface area contributed by atoms with Gasteiger partial charge in [-0.2, -0.15) is 0 Å². The fraction of sp³-hybridized carbons (Fsp3) is 0.360. The third kappa shape index (κ3) is 7.84. The van der Waals surface area contributed by atoms with Crippen molar-refractivity contribution in [2.75, 3.05) is 31.5 Å². The molecule has 0 radical (unpaired) electrons. The molecule has 5 N–H and O–H groups in total. The first-order valence-corrected chi connectivity index (χ1v) is 12.7. The van der Waals surface area contributed by atoms with Gasteiger partial charge in [-0.15, -0.1) is 11.3 Å². The second-order valence-corrected chi connectivity index (χ2v) is 8.73. The van der Waals surface area contributed by atoms with Crippen molar-refractivity contribution in [3.05, 3.63) is 64.8 Å². The van der Waals surface area contributed by atoms with Gasteiger partial charge >= 0.3 is 0 Å². The van der Waals surface area contributed by atoms with Gasteiger partial charge in [0.15, 0.2) is 0 Å². The molecule has 3 rings (SSSR count). The Morgan fingerprint density at radius 3 is 2.54 bits per heavy atom. The molecule has 0 amide bonds. The summed E-state index contributed by atoms with van der Waals surface area (Å²) < 4.78 is 0. The Bertz CT molecular complexity index is 1100. The summed E-state index contributed by atoms with van der Waals surface area (Å²) >= 11 is 1.37. The fourth-order valence-electron chi connectivity index (χ4n) is 3.30. The zero-order valence-electron chi connectivity index (χ0n) is 20.4. The van der Waals surface area contributed by atoms with Crippen molar-refractivity contribution in [1.29, 1.82) is 0 Å². The van der Waals surface area contributed by atoms with E-state index in [0.29, 0.717) is 22.8 Å². The number of carbonyl (C=O) groups excluding carboxylic acids is 1. The van der Waals surface area contributed by atoms with Gasteiger partial charge in [-0.3, -0.25) is 9.79 Å². The van der Waals surface area contributed by atoms with E-state index in [1.807, 2.05) is 18.3 Å². The number of ketones is 1. The van der Waals surface area contributed by atoms with Crippen molar-refractivity contribution < 1.29 is 4.79 Å². The fourth-order valence-corrected chi connectivity index (χ4v) is 3.99. The number of hydrogen-bond acceptors (Lipinski definition) is 9. The zero-order chi connectivity index (χ0) is 24.9. The molecule has 186 valence electrons. The van der Waals surface area contributed by atoms with Crippen LogP contribution in [0.25, 0.3) is 5.70 Å². The van der Waals surface area contributed by atoms with Crippen molar-refractivity contribution in [1.82, 2.24) is 30.9 Å². The van der Waals surface area contributed by atoms with Gasteiger partial charge in [0.2, 0.25) is 5.78 Å². The van der Waals surface area contributed by atoms with Gasteiger partial charge in [-0.25, -0.2) is 9.97 Å². The van der Waals surface area contributed by atoms with Gasteiger partial charge in [0.25, 0.3) is 0 Å². The molecule has 0 unspecified atom stereocenters. The number of aliphatic imine (C=N–C) groups is 1. The Morgan fingerprint density at radius 1 is 1.06 bits per heavy atom. The van der Waals surface area contributed by atoms with E-state index in [0.717, 1.165) is 61.9 Å². The second kappa shape index (κ2) is 14.1. The number of benzene rings is 1. The highest BCUT2D eigenvalue weighted by Gasteiger charge is 2.18. The summed E-state index contributed by atoms with van der Waals surface area (Å²) in [6.07, 6.45) is 5.74. The minimum atomic E-state index is -0.151. The predicted molar refractivity (Wildman–Crippen MR) is 145 cm³/mol. The van der Waals surface area contributed by atoms with E-state index in [2.05, 4.69) is 61.8 Å². The average Bonchev–Trinajstić information content (AvgIpc) is 3.53. The molecule has 9 nitrogen and oxygen atoms in total. The number of aromatic amines is 1. The van der Waals surface area contributed by atoms with Crippen molar-refractivity contribution in [3.8, 4) is 0 Å². The Hall–Kier alpha value is -3.34. The summed E-state index contributed by atoms with van der Waals surface area (Å²) in [5, 5.41) is 13.8. The smallest absolute Gasteiger partial charge is 0.214 e. The van der Waals surface area contributed by atoms with Crippen LogP contribution in [0.15, 0.2) is 47.2 Å². The minimum Gasteiger partial charge on any atom is -0.388 e. The van der Waals surface area contributed by atoms with Crippen molar-refractivity contribution in [2.24, 2.45) is 4.99 Å². The summed E-state index contributed by atoms with van der Waals surface area (Å²) in [5.74, 6) is 1.40. The molecule has 0 aliphatic carbocycles. The topological polar surface area (TPSA) is 119 Å². The summed E-state index contributed by atoms with van der Waals surface area (Å²) in [5.41, 5.74) is 4.19. The number of H-pyrrole nitrogens is 1. The summed E-state index contributed by atoms with van der Waals surface area (Å²) in [7, 11) is 0. The molecule has 10 heteroatoms. The largest absolute Gasteiger partial charge is 0.388 e. The molecular formula is C25H34N8OS. The second-order valence-electron chi connectivity index (χ2n) is 7.87. The Labute approximate surface area is 210 Å². The standard InChI is InChI=1S/C25H34N8OS/c1-4-10-27-12-13-29-14-20(26-3)18-6-8-19(9-7-18)24(34)23-25(35-17-31-23)33-22-16-30-21(32-22)15-28-11-5-2/h6-9,14,16-17,27-29,33H,3-5,10-13,15H2,1-2H3,(H,30,32)/b20-14-. The van der Waals surface area contributed by atoms with E-state index in [4.69, 9.17) is 0 Å². The molecule has 0 spiro atoms. The maximum absolute atomic E-state index is 13.1. The first-order chi connectivity index (χ1) is 17.2. The molecule has 0 bridgehead atoms. The molecule has 3 aromatic rings. The molecule has 0 saturated carbocycles. The highest BCUT2D eigenvalue weighted by atomic mass is 32.1. The lowest BCUT2D eigenvalue weighted by Crippen LogP contribution is -2.25. The van der Waals surface area contributed by atoms with E-state index >= 15 is 0 Å². The molecule has 0 fully saturated rings. The lowest BCUT2D eigenvalue weighted by Gasteiger charge is -2.07. The minimum absolute atomic E-state index is 0.151. The summed E-state index contributed by atoms with van der Waals surface area (Å²) in [6.45, 7) is 12.2. The van der Waals surface area contributed by atoms with Gasteiger partial charge in [-0.1, -0.05) is 38.1 Å². The molecule has 0 aliphatic rings. The van der Waals surface area contributed by atoms with Crippen LogP contribution in [0, 0.1) is 0 Å². The van der Waals surface area contributed by atoms with Gasteiger partial charge in [0, 0.05) is 30.4 Å². The van der Waals surface area contributed by atoms with Gasteiger partial charge in [0.1, 0.15) is 22.3 Å². The molecule has 35 heavy (non-hydrogen) atoms. The van der Waals surface area contributed by atoms with Crippen LogP contribution in [0.2, 0.25) is 0 Å². The average molecular weight is 495 g/mol. The van der Waals surface area contributed by atoms with Crippen LogP contribution in [-0.4, -0.2) is 53.6 Å². The van der Waals surface area contributed by atoms with Crippen LogP contribution in [-0.2, 0) is 6.54 Å². The number of rotatable bonds is 16. The molecule has 2 aromatic heterocycles. The first kappa shape index (κ1) is 26.3. The van der Waals surface area contributed by atoms with E-state index in [1.54, 1.807) is 23.8 Å². The number of nitrogens with one attached hydrogen (secondary N) is 5. The van der Waals surface area contributed by atoms with Crippen LogP contribution < -0.4 is 21.3 Å². The lowest BCUT2D eigenvalue weighted by atomic mass is 10.0. The Morgan fingerprint density at radius 2 is 1.80 bits per heavy atom. The molecular weight excluding hydrogens is 460 g/mol. The molecule has 0 atom stereocenters. The van der Waals surface area contributed by atoms with Crippen molar-refractivity contribution in [2.45, 2.75) is 33.2 Å². The third-order valence-electron chi connectivity index (χ3n) is 5.10. The summed E-state index contributed by atoms with van der Waals surface area (Å²) in [6, 6.07) is 7.32. The van der Waals surface area contributed by atoms with E-state index in [9.17, 15) is 4.79 Å². The molecule has 2 heterocycles. The highest BCUT2D eigenvalue weighted by molar-refractivity contribution is 7.14. The number of carbonyl (C=O) groups is 1. The number of aromatic nitrogens is 3. The van der Waals surface area contributed by atoms with Crippen LogP contribution in [0.1, 0.15) is 54.1 Å². The van der Waals surface area contributed by atoms with Crippen LogP contribution >= 0.6 is 11.3 Å². The Kier molecular flexibility index (Phi) is 10.6. The van der Waals surface area contributed by atoms with Crippen LogP contribution in [0.4, 0.5) is 10.8 Å². The predicted octanol–water partition coefficient (Wildman–Crippen LogP) is 3.93. The van der Waals surface area contributed by atoms with Crippen molar-refractivity contribution in [3.63, 3.8) is 0 Å². The molecule has 0 saturated heterocycles. The highest BCUT2D eigenvalue weighted by Crippen LogP contribution is 2.27. The molecule has 0 aliphatic heterocycles. The lowest BCUT2D eigenvalue weighted by molar-refractivity contribution is 0.103. The SMILES string of the molecule is C=N/C(=C\NCCNCCC)c1ccc(C(=O)c2ncsc2Nc2cnc(CNCCC)[nH]2)cc1. The van der Waals surface area contributed by atoms with E-state index < -0.39 is 0 Å². The van der Waals surface area contributed by atoms with E-state index in [-0.39, 0.29) is 5.78 Å². The van der Waals surface area contributed by atoms with Crippen LogP contribution in [0.5, 0.6) is 0 Å². The normalized spacial score (nSPS) is 11.4. The Balaban J connectivity index is 1.62. The monoisotopic (exact) mass is 494 g/mol. The summed E-state index contributed by atoms with van der Waals surface area (Å²) in [4.78, 5) is 29.2. The first-order valence-electron chi connectivity index (χ1n) is 11.9. The number of thiazole rings is 1. The van der Waals surface area contributed by atoms with Gasteiger partial charge < -0.3 is 26.3 Å². The number of imidazole rings is 1.